The van der Waals surface area contributed by atoms with Gasteiger partial charge in [-0.05, 0) is 67.4 Å². The second-order valence-electron chi connectivity index (χ2n) is 9.29. The van der Waals surface area contributed by atoms with Crippen LogP contribution in [0.4, 0.5) is 15.8 Å². The zero-order valence-corrected chi connectivity index (χ0v) is 23.1. The van der Waals surface area contributed by atoms with Crippen LogP contribution in [0.3, 0.4) is 0 Å². The molecule has 3 aromatic rings. The van der Waals surface area contributed by atoms with E-state index in [1.54, 1.807) is 36.4 Å². The summed E-state index contributed by atoms with van der Waals surface area (Å²) in [5, 5.41) is 5.99. The van der Waals surface area contributed by atoms with E-state index in [2.05, 4.69) is 20.6 Å². The Bertz CT molecular complexity index is 1510. The molecule has 9 nitrogen and oxygen atoms in total. The molecule has 210 valence electrons. The molecule has 0 aliphatic carbocycles. The Balaban J connectivity index is 1.21. The number of aliphatic imine (C=N–C) groups is 2. The number of amidine groups is 2. The molecule has 2 heterocycles. The SMILES string of the molecule is CCOc1ccc(NC(=O)CSC2=Nc3ccccc3C3=NC(CCC(=O)NCc4ccc(F)cc4)C(=O)N23)cc1. The van der Waals surface area contributed by atoms with Gasteiger partial charge in [-0.1, -0.05) is 36.0 Å². The van der Waals surface area contributed by atoms with Crippen molar-refractivity contribution in [1.29, 1.82) is 0 Å². The van der Waals surface area contributed by atoms with E-state index in [-0.39, 0.29) is 48.7 Å². The highest BCUT2D eigenvalue weighted by atomic mass is 32.2. The van der Waals surface area contributed by atoms with Crippen molar-refractivity contribution in [2.75, 3.05) is 17.7 Å². The standard InChI is InChI=1S/C30H28FN5O4S/c1-2-40-22-13-11-21(12-14-22)33-27(38)18-41-30-35-24-6-4-3-5-23(24)28-34-25(29(39)36(28)30)15-16-26(37)32-17-19-7-9-20(31)10-8-19/h3-14,25H,2,15-18H2,1H3,(H,32,37)(H,33,38). The maximum atomic E-state index is 13.4. The summed E-state index contributed by atoms with van der Waals surface area (Å²) in [5.74, 6) is 0.0929. The van der Waals surface area contributed by atoms with Crippen LogP contribution in [-0.2, 0) is 20.9 Å². The third-order valence-electron chi connectivity index (χ3n) is 6.38. The summed E-state index contributed by atoms with van der Waals surface area (Å²) >= 11 is 1.14. The molecule has 0 saturated carbocycles. The van der Waals surface area contributed by atoms with Gasteiger partial charge in [0.15, 0.2) is 5.17 Å². The summed E-state index contributed by atoms with van der Waals surface area (Å²) in [6.45, 7) is 2.72. The van der Waals surface area contributed by atoms with E-state index in [9.17, 15) is 18.8 Å². The van der Waals surface area contributed by atoms with E-state index < -0.39 is 6.04 Å². The minimum absolute atomic E-state index is 0.0295. The Labute approximate surface area is 240 Å². The van der Waals surface area contributed by atoms with Crippen molar-refractivity contribution in [3.8, 4) is 5.75 Å². The van der Waals surface area contributed by atoms with Crippen LogP contribution in [0.2, 0.25) is 0 Å². The highest BCUT2D eigenvalue weighted by molar-refractivity contribution is 8.14. The van der Waals surface area contributed by atoms with Crippen molar-refractivity contribution in [3.05, 3.63) is 89.7 Å². The van der Waals surface area contributed by atoms with Crippen LogP contribution >= 0.6 is 11.8 Å². The maximum Gasteiger partial charge on any atom is 0.259 e. The van der Waals surface area contributed by atoms with Gasteiger partial charge in [-0.25, -0.2) is 14.3 Å². The molecule has 41 heavy (non-hydrogen) atoms. The van der Waals surface area contributed by atoms with Crippen molar-refractivity contribution in [3.63, 3.8) is 0 Å². The molecule has 1 unspecified atom stereocenters. The number of hydrogen-bond donors (Lipinski definition) is 2. The Kier molecular flexibility index (Phi) is 8.73. The number of fused-ring (bicyclic) bond motifs is 3. The fourth-order valence-electron chi connectivity index (χ4n) is 4.37. The summed E-state index contributed by atoms with van der Waals surface area (Å²) < 4.78 is 18.5. The number of ether oxygens (including phenoxy) is 1. The second-order valence-corrected chi connectivity index (χ2v) is 10.2. The summed E-state index contributed by atoms with van der Waals surface area (Å²) in [6, 6.07) is 19.6. The van der Waals surface area contributed by atoms with E-state index in [1.165, 1.54) is 17.0 Å². The van der Waals surface area contributed by atoms with Gasteiger partial charge < -0.3 is 15.4 Å². The Morgan fingerprint density at radius 3 is 2.54 bits per heavy atom. The van der Waals surface area contributed by atoms with Gasteiger partial charge in [0, 0.05) is 24.2 Å². The van der Waals surface area contributed by atoms with Crippen LogP contribution in [0.1, 0.15) is 30.9 Å². The smallest absolute Gasteiger partial charge is 0.259 e. The lowest BCUT2D eigenvalue weighted by molar-refractivity contribution is -0.125. The monoisotopic (exact) mass is 573 g/mol. The van der Waals surface area contributed by atoms with E-state index in [4.69, 9.17) is 4.74 Å². The maximum absolute atomic E-state index is 13.4. The number of halogens is 1. The van der Waals surface area contributed by atoms with E-state index >= 15 is 0 Å². The zero-order chi connectivity index (χ0) is 28.8. The van der Waals surface area contributed by atoms with Crippen molar-refractivity contribution >= 4 is 51.9 Å². The predicted molar refractivity (Wildman–Crippen MR) is 157 cm³/mol. The molecule has 11 heteroatoms. The largest absolute Gasteiger partial charge is 0.494 e. The fraction of sp³-hybridized carbons (Fsp3) is 0.233. The molecule has 3 amide bonds. The molecular formula is C30H28FN5O4S. The fourth-order valence-corrected chi connectivity index (χ4v) is 5.18. The number of para-hydroxylation sites is 1. The third kappa shape index (κ3) is 6.80. The molecule has 1 atom stereocenters. The van der Waals surface area contributed by atoms with Gasteiger partial charge in [0.05, 0.1) is 18.0 Å². The Morgan fingerprint density at radius 2 is 1.78 bits per heavy atom. The Morgan fingerprint density at radius 1 is 1.02 bits per heavy atom. The first-order valence-corrected chi connectivity index (χ1v) is 14.2. The van der Waals surface area contributed by atoms with Crippen LogP contribution in [-0.4, -0.2) is 52.0 Å². The predicted octanol–water partition coefficient (Wildman–Crippen LogP) is 4.65. The molecule has 0 radical (unpaired) electrons. The summed E-state index contributed by atoms with van der Waals surface area (Å²) in [7, 11) is 0. The summed E-state index contributed by atoms with van der Waals surface area (Å²) in [6.07, 6.45) is 0.306. The van der Waals surface area contributed by atoms with Crippen LogP contribution < -0.4 is 15.4 Å². The number of nitrogens with one attached hydrogen (secondary N) is 2. The number of benzene rings is 3. The number of amides is 3. The minimum atomic E-state index is -0.754. The zero-order valence-electron chi connectivity index (χ0n) is 22.3. The molecule has 0 spiro atoms. The van der Waals surface area contributed by atoms with Gasteiger partial charge >= 0.3 is 0 Å². The van der Waals surface area contributed by atoms with Crippen LogP contribution in [0.15, 0.2) is 82.8 Å². The number of nitrogens with zero attached hydrogens (tertiary/aromatic N) is 3. The number of hydrogen-bond acceptors (Lipinski definition) is 7. The molecule has 0 saturated heterocycles. The average Bonchev–Trinajstić information content (AvgIpc) is 3.32. The van der Waals surface area contributed by atoms with Crippen molar-refractivity contribution in [2.45, 2.75) is 32.4 Å². The molecule has 2 aliphatic rings. The van der Waals surface area contributed by atoms with Crippen LogP contribution in [0, 0.1) is 5.82 Å². The van der Waals surface area contributed by atoms with E-state index in [0.717, 1.165) is 23.1 Å². The number of anilines is 1. The second kappa shape index (κ2) is 12.8. The molecule has 0 bridgehead atoms. The topological polar surface area (TPSA) is 112 Å². The van der Waals surface area contributed by atoms with Crippen molar-refractivity contribution in [1.82, 2.24) is 10.2 Å². The third-order valence-corrected chi connectivity index (χ3v) is 7.32. The lowest BCUT2D eigenvalue weighted by Crippen LogP contribution is -2.41. The van der Waals surface area contributed by atoms with Crippen molar-refractivity contribution in [2.24, 2.45) is 9.98 Å². The summed E-state index contributed by atoms with van der Waals surface area (Å²) in [5.41, 5.74) is 2.78. The quantitative estimate of drug-likeness (QED) is 0.367. The normalized spacial score (nSPS) is 15.4. The highest BCUT2D eigenvalue weighted by Crippen LogP contribution is 2.34. The van der Waals surface area contributed by atoms with E-state index in [0.29, 0.717) is 34.5 Å². The van der Waals surface area contributed by atoms with Gasteiger partial charge in [0.1, 0.15) is 23.4 Å². The number of thioether (sulfide) groups is 1. The van der Waals surface area contributed by atoms with Crippen molar-refractivity contribution < 1.29 is 23.5 Å². The minimum Gasteiger partial charge on any atom is -0.494 e. The molecule has 0 aromatic heterocycles. The number of carbonyl (C=O) groups excluding carboxylic acids is 3. The first kappa shape index (κ1) is 28.0. The van der Waals surface area contributed by atoms with Gasteiger partial charge in [0.25, 0.3) is 5.91 Å². The lowest BCUT2D eigenvalue weighted by atomic mass is 10.1. The number of rotatable bonds is 10. The molecule has 2 N–H and O–H groups in total. The molecule has 0 fully saturated rings. The average molecular weight is 574 g/mol. The highest BCUT2D eigenvalue weighted by Gasteiger charge is 2.41. The summed E-state index contributed by atoms with van der Waals surface area (Å²) in [4.78, 5) is 49.4. The van der Waals surface area contributed by atoms with E-state index in [1.807, 2.05) is 31.2 Å². The van der Waals surface area contributed by atoms with Crippen LogP contribution in [0.5, 0.6) is 5.75 Å². The first-order chi connectivity index (χ1) is 19.9. The van der Waals surface area contributed by atoms with Gasteiger partial charge in [-0.2, -0.15) is 0 Å². The molecule has 5 rings (SSSR count). The molecular weight excluding hydrogens is 545 g/mol. The van der Waals surface area contributed by atoms with Gasteiger partial charge in [0.2, 0.25) is 11.8 Å². The van der Waals surface area contributed by atoms with Gasteiger partial charge in [-0.15, -0.1) is 0 Å². The van der Waals surface area contributed by atoms with Gasteiger partial charge in [-0.3, -0.25) is 19.4 Å². The number of carbonyl (C=O) groups is 3. The first-order valence-electron chi connectivity index (χ1n) is 13.2. The van der Waals surface area contributed by atoms with Crippen LogP contribution in [0.25, 0.3) is 0 Å². The molecule has 3 aromatic carbocycles. The lowest BCUT2D eigenvalue weighted by Gasteiger charge is -2.25. The Hall–Kier alpha value is -4.51. The molecule has 2 aliphatic heterocycles.